The fourth-order valence-corrected chi connectivity index (χ4v) is 2.11. The van der Waals surface area contributed by atoms with Crippen LogP contribution in [0.4, 0.5) is 0 Å². The van der Waals surface area contributed by atoms with Gasteiger partial charge in [-0.15, -0.1) is 0 Å². The van der Waals surface area contributed by atoms with Crippen molar-refractivity contribution in [1.82, 2.24) is 4.98 Å². The Labute approximate surface area is 108 Å². The Morgan fingerprint density at radius 1 is 1.53 bits per heavy atom. The Kier molecular flexibility index (Phi) is 3.33. The number of rotatable bonds is 3. The number of ether oxygens (including phenoxy) is 1. The van der Waals surface area contributed by atoms with E-state index in [0.717, 1.165) is 20.9 Å². The van der Waals surface area contributed by atoms with Crippen molar-refractivity contribution in [3.8, 4) is 0 Å². The first-order valence-corrected chi connectivity index (χ1v) is 5.92. The van der Waals surface area contributed by atoms with Crippen molar-refractivity contribution in [2.24, 2.45) is 0 Å². The Morgan fingerprint density at radius 3 is 3.00 bits per heavy atom. The third kappa shape index (κ3) is 2.42. The van der Waals surface area contributed by atoms with Crippen molar-refractivity contribution in [2.75, 3.05) is 7.11 Å². The summed E-state index contributed by atoms with van der Waals surface area (Å²) in [5.74, 6) is -0.364. The molecule has 0 atom stereocenters. The fraction of sp³-hybridized carbons (Fsp3) is 0.154. The van der Waals surface area contributed by atoms with Gasteiger partial charge in [-0.2, -0.15) is 0 Å². The highest BCUT2D eigenvalue weighted by Gasteiger charge is 2.11. The zero-order valence-corrected chi connectivity index (χ0v) is 11.0. The van der Waals surface area contributed by atoms with Crippen molar-refractivity contribution in [2.45, 2.75) is 6.42 Å². The molecule has 0 aliphatic rings. The lowest BCUT2D eigenvalue weighted by atomic mass is 10.1. The molecule has 1 N–H and O–H groups in total. The van der Waals surface area contributed by atoms with Crippen molar-refractivity contribution < 1.29 is 9.53 Å². The number of hydrogen-bond donors (Lipinski definition) is 1. The Hall–Kier alpha value is -1.55. The minimum absolute atomic E-state index is 0.364. The molecule has 2 aromatic rings. The number of aromatic nitrogens is 1. The van der Waals surface area contributed by atoms with E-state index in [4.69, 9.17) is 0 Å². The number of esters is 1. The van der Waals surface area contributed by atoms with E-state index in [1.165, 1.54) is 7.11 Å². The molecule has 0 unspecified atom stereocenters. The third-order valence-corrected chi connectivity index (χ3v) is 3.10. The molecule has 17 heavy (non-hydrogen) atoms. The Morgan fingerprint density at radius 2 is 2.29 bits per heavy atom. The van der Waals surface area contributed by atoms with Crippen LogP contribution < -0.4 is 0 Å². The van der Waals surface area contributed by atoms with Gasteiger partial charge in [-0.25, -0.2) is 4.79 Å². The fourth-order valence-electron chi connectivity index (χ4n) is 1.75. The molecule has 4 heteroatoms. The molecule has 0 saturated carbocycles. The number of methoxy groups -OCH3 is 1. The summed E-state index contributed by atoms with van der Waals surface area (Å²) in [5, 5.41) is 1.10. The second-order valence-electron chi connectivity index (χ2n) is 3.78. The first-order chi connectivity index (χ1) is 8.11. The number of H-pyrrole nitrogens is 1. The second-order valence-corrected chi connectivity index (χ2v) is 4.69. The molecule has 1 aromatic heterocycles. The highest BCUT2D eigenvalue weighted by molar-refractivity contribution is 9.10. The molecule has 1 heterocycles. The van der Waals surface area contributed by atoms with E-state index in [-0.39, 0.29) is 5.97 Å². The summed E-state index contributed by atoms with van der Waals surface area (Å²) in [6.45, 7) is 3.73. The molecule has 88 valence electrons. The van der Waals surface area contributed by atoms with E-state index in [2.05, 4.69) is 32.2 Å². The van der Waals surface area contributed by atoms with Gasteiger partial charge in [0.1, 0.15) is 0 Å². The van der Waals surface area contributed by atoms with Crippen LogP contribution in [0.5, 0.6) is 0 Å². The van der Waals surface area contributed by atoms with E-state index < -0.39 is 0 Å². The van der Waals surface area contributed by atoms with Crippen molar-refractivity contribution >= 4 is 32.8 Å². The van der Waals surface area contributed by atoms with Crippen molar-refractivity contribution in [1.29, 1.82) is 0 Å². The van der Waals surface area contributed by atoms with Gasteiger partial charge in [-0.3, -0.25) is 0 Å². The smallest absolute Gasteiger partial charge is 0.333 e. The number of nitrogens with one attached hydrogen (secondary N) is 1. The molecule has 0 fully saturated rings. The van der Waals surface area contributed by atoms with E-state index in [0.29, 0.717) is 12.0 Å². The van der Waals surface area contributed by atoms with E-state index >= 15 is 0 Å². The molecular weight excluding hydrogens is 282 g/mol. The molecule has 0 bridgehead atoms. The van der Waals surface area contributed by atoms with Crippen LogP contribution in [0.2, 0.25) is 0 Å². The molecule has 0 aliphatic carbocycles. The number of aromatic amines is 1. The maximum atomic E-state index is 11.3. The number of hydrogen-bond acceptors (Lipinski definition) is 2. The van der Waals surface area contributed by atoms with Crippen LogP contribution >= 0.6 is 15.9 Å². The van der Waals surface area contributed by atoms with Crippen LogP contribution in [-0.2, 0) is 16.0 Å². The number of carbonyl (C=O) groups is 1. The lowest BCUT2D eigenvalue weighted by molar-refractivity contribution is -0.136. The lowest BCUT2D eigenvalue weighted by Gasteiger charge is -2.02. The minimum Gasteiger partial charge on any atom is -0.466 e. The highest BCUT2D eigenvalue weighted by atomic mass is 79.9. The van der Waals surface area contributed by atoms with Crippen molar-refractivity contribution in [3.63, 3.8) is 0 Å². The molecule has 0 aliphatic heterocycles. The molecule has 2 rings (SSSR count). The summed E-state index contributed by atoms with van der Waals surface area (Å²) in [5.41, 5.74) is 2.53. The molecule has 0 spiro atoms. The average molecular weight is 294 g/mol. The topological polar surface area (TPSA) is 42.1 Å². The number of carbonyl (C=O) groups excluding carboxylic acids is 1. The largest absolute Gasteiger partial charge is 0.466 e. The first-order valence-electron chi connectivity index (χ1n) is 5.13. The SMILES string of the molecule is C=C(Cc1c[nH]c2cc(Br)ccc12)C(=O)OC. The number of halogens is 1. The standard InChI is InChI=1S/C13H12BrNO2/c1-8(13(16)17-2)5-9-7-15-12-6-10(14)3-4-11(9)12/h3-4,6-7,15H,1,5H2,2H3. The first kappa shape index (κ1) is 11.9. The quantitative estimate of drug-likeness (QED) is 0.697. The highest BCUT2D eigenvalue weighted by Crippen LogP contribution is 2.24. The zero-order valence-electron chi connectivity index (χ0n) is 9.42. The van der Waals surface area contributed by atoms with Gasteiger partial charge in [0.05, 0.1) is 7.11 Å². The van der Waals surface area contributed by atoms with Gasteiger partial charge >= 0.3 is 5.97 Å². The predicted molar refractivity (Wildman–Crippen MR) is 70.9 cm³/mol. The summed E-state index contributed by atoms with van der Waals surface area (Å²) in [4.78, 5) is 14.5. The van der Waals surface area contributed by atoms with Crippen LogP contribution in [0.15, 0.2) is 41.0 Å². The summed E-state index contributed by atoms with van der Waals surface area (Å²) in [6, 6.07) is 5.98. The van der Waals surface area contributed by atoms with E-state index in [1.807, 2.05) is 24.4 Å². The molecule has 3 nitrogen and oxygen atoms in total. The normalized spacial score (nSPS) is 10.5. The van der Waals surface area contributed by atoms with Gasteiger partial charge in [-0.05, 0) is 17.7 Å². The summed E-state index contributed by atoms with van der Waals surface area (Å²) in [7, 11) is 1.36. The molecule has 1 aromatic carbocycles. The lowest BCUT2D eigenvalue weighted by Crippen LogP contribution is -2.05. The van der Waals surface area contributed by atoms with Gasteiger partial charge in [0.2, 0.25) is 0 Å². The van der Waals surface area contributed by atoms with Crippen LogP contribution in [0, 0.1) is 0 Å². The predicted octanol–water partition coefficient (Wildman–Crippen LogP) is 3.20. The molecule has 0 saturated heterocycles. The monoisotopic (exact) mass is 293 g/mol. The van der Waals surface area contributed by atoms with Gasteiger partial charge in [0.15, 0.2) is 0 Å². The molecular formula is C13H12BrNO2. The molecule has 0 amide bonds. The van der Waals surface area contributed by atoms with Crippen LogP contribution in [0.1, 0.15) is 5.56 Å². The van der Waals surface area contributed by atoms with Gasteiger partial charge < -0.3 is 9.72 Å². The maximum absolute atomic E-state index is 11.3. The Balaban J connectivity index is 2.31. The number of fused-ring (bicyclic) bond motifs is 1. The van der Waals surface area contributed by atoms with Gasteiger partial charge in [-0.1, -0.05) is 28.6 Å². The zero-order chi connectivity index (χ0) is 12.4. The second kappa shape index (κ2) is 4.75. The summed E-state index contributed by atoms with van der Waals surface area (Å²) < 4.78 is 5.65. The number of benzene rings is 1. The minimum atomic E-state index is -0.364. The average Bonchev–Trinajstić information content (AvgIpc) is 2.70. The maximum Gasteiger partial charge on any atom is 0.333 e. The molecule has 0 radical (unpaired) electrons. The summed E-state index contributed by atoms with van der Waals surface area (Å²) in [6.07, 6.45) is 2.39. The van der Waals surface area contributed by atoms with Crippen LogP contribution in [0.25, 0.3) is 10.9 Å². The summed E-state index contributed by atoms with van der Waals surface area (Å²) >= 11 is 3.42. The van der Waals surface area contributed by atoms with Crippen LogP contribution in [0.3, 0.4) is 0 Å². The van der Waals surface area contributed by atoms with E-state index in [1.54, 1.807) is 0 Å². The third-order valence-electron chi connectivity index (χ3n) is 2.61. The van der Waals surface area contributed by atoms with Crippen LogP contribution in [-0.4, -0.2) is 18.1 Å². The van der Waals surface area contributed by atoms with Gasteiger partial charge in [0, 0.05) is 33.6 Å². The van der Waals surface area contributed by atoms with Crippen molar-refractivity contribution in [3.05, 3.63) is 46.6 Å². The Bertz CT molecular complexity index is 586. The van der Waals surface area contributed by atoms with E-state index in [9.17, 15) is 4.79 Å². The van der Waals surface area contributed by atoms with Gasteiger partial charge in [0.25, 0.3) is 0 Å².